The average Bonchev–Trinajstić information content (AvgIpc) is 2.47. The van der Waals surface area contributed by atoms with Crippen LogP contribution in [-0.2, 0) is 0 Å². The van der Waals surface area contributed by atoms with Gasteiger partial charge in [-0.2, -0.15) is 0 Å². The largest absolute Gasteiger partial charge is 0.387 e. The second-order valence-corrected chi connectivity index (χ2v) is 5.45. The molecular formula is C15H25N3O. The summed E-state index contributed by atoms with van der Waals surface area (Å²) in [7, 11) is 0. The Morgan fingerprint density at radius 2 is 2.16 bits per heavy atom. The van der Waals surface area contributed by atoms with Crippen LogP contribution in [0.25, 0.3) is 0 Å². The number of hydrogen-bond acceptors (Lipinski definition) is 4. The zero-order valence-corrected chi connectivity index (χ0v) is 11.5. The van der Waals surface area contributed by atoms with Crippen LogP contribution in [0.15, 0.2) is 18.3 Å². The molecule has 0 aromatic carbocycles. The van der Waals surface area contributed by atoms with Crippen LogP contribution in [-0.4, -0.2) is 23.2 Å². The molecular weight excluding hydrogens is 238 g/mol. The number of aromatic nitrogens is 1. The summed E-state index contributed by atoms with van der Waals surface area (Å²) < 4.78 is 0. The number of nitrogens with two attached hydrogens (primary N) is 1. The van der Waals surface area contributed by atoms with Crippen LogP contribution in [0.5, 0.6) is 0 Å². The summed E-state index contributed by atoms with van der Waals surface area (Å²) in [4.78, 5) is 4.21. The highest BCUT2D eigenvalue weighted by atomic mass is 16.3. The molecule has 4 N–H and O–H groups in total. The van der Waals surface area contributed by atoms with Gasteiger partial charge < -0.3 is 16.2 Å². The van der Waals surface area contributed by atoms with Crippen molar-refractivity contribution in [3.8, 4) is 0 Å². The highest BCUT2D eigenvalue weighted by Gasteiger charge is 2.13. The molecule has 0 radical (unpaired) electrons. The Balaban J connectivity index is 1.87. The molecule has 2 rings (SSSR count). The number of aliphatic hydroxyl groups excluding tert-OH is 1. The number of nitrogens with zero attached hydrogens (tertiary/aromatic N) is 1. The molecule has 0 amide bonds. The minimum Gasteiger partial charge on any atom is -0.387 e. The van der Waals surface area contributed by atoms with Gasteiger partial charge in [0.25, 0.3) is 0 Å². The number of nitrogens with one attached hydrogen (secondary N) is 1. The van der Waals surface area contributed by atoms with Crippen molar-refractivity contribution in [3.05, 3.63) is 24.0 Å². The Morgan fingerprint density at radius 1 is 1.37 bits per heavy atom. The lowest BCUT2D eigenvalue weighted by atomic mass is 9.89. The second kappa shape index (κ2) is 7.46. The normalized spacial score (nSPS) is 18.2. The first-order valence-electron chi connectivity index (χ1n) is 7.37. The lowest BCUT2D eigenvalue weighted by Gasteiger charge is -2.22. The average molecular weight is 263 g/mol. The molecule has 0 spiro atoms. The molecule has 1 aliphatic rings. The monoisotopic (exact) mass is 263 g/mol. The van der Waals surface area contributed by atoms with Crippen molar-refractivity contribution in [1.29, 1.82) is 0 Å². The van der Waals surface area contributed by atoms with Gasteiger partial charge in [0.15, 0.2) is 0 Å². The summed E-state index contributed by atoms with van der Waals surface area (Å²) in [6, 6.07) is 3.89. The van der Waals surface area contributed by atoms with Crippen molar-refractivity contribution in [2.45, 2.75) is 44.6 Å². The van der Waals surface area contributed by atoms with Crippen molar-refractivity contribution >= 4 is 5.69 Å². The predicted molar refractivity (Wildman–Crippen MR) is 77.9 cm³/mol. The molecule has 1 fully saturated rings. The Kier molecular flexibility index (Phi) is 5.61. The lowest BCUT2D eigenvalue weighted by Crippen LogP contribution is -2.17. The number of hydrogen-bond donors (Lipinski definition) is 3. The predicted octanol–water partition coefficient (Wildman–Crippen LogP) is 2.46. The Labute approximate surface area is 115 Å². The standard InChI is InChI=1S/C15H25N3O/c16-8-6-15(19)14-10-13(7-9-17-14)18-11-12-4-2-1-3-5-12/h7,9-10,12,15,19H,1-6,8,11,16H2,(H,17,18). The van der Waals surface area contributed by atoms with E-state index in [0.29, 0.717) is 18.7 Å². The minimum atomic E-state index is -0.554. The zero-order chi connectivity index (χ0) is 13.5. The van der Waals surface area contributed by atoms with E-state index in [1.54, 1.807) is 6.20 Å². The van der Waals surface area contributed by atoms with Crippen LogP contribution in [0.3, 0.4) is 0 Å². The van der Waals surface area contributed by atoms with E-state index in [9.17, 15) is 5.11 Å². The van der Waals surface area contributed by atoms with Gasteiger partial charge >= 0.3 is 0 Å². The van der Waals surface area contributed by atoms with Gasteiger partial charge in [-0.05, 0) is 43.9 Å². The maximum Gasteiger partial charge on any atom is 0.0972 e. The Bertz CT molecular complexity index is 377. The van der Waals surface area contributed by atoms with E-state index in [1.807, 2.05) is 12.1 Å². The fourth-order valence-corrected chi connectivity index (χ4v) is 2.70. The van der Waals surface area contributed by atoms with Crippen LogP contribution in [0.1, 0.15) is 50.3 Å². The lowest BCUT2D eigenvalue weighted by molar-refractivity contribution is 0.165. The van der Waals surface area contributed by atoms with Crippen molar-refractivity contribution in [1.82, 2.24) is 4.98 Å². The number of anilines is 1. The van der Waals surface area contributed by atoms with E-state index in [-0.39, 0.29) is 0 Å². The molecule has 1 atom stereocenters. The fraction of sp³-hybridized carbons (Fsp3) is 0.667. The molecule has 1 unspecified atom stereocenters. The van der Waals surface area contributed by atoms with Crippen molar-refractivity contribution < 1.29 is 5.11 Å². The van der Waals surface area contributed by atoms with E-state index in [0.717, 1.165) is 18.2 Å². The second-order valence-electron chi connectivity index (χ2n) is 5.45. The third-order valence-electron chi connectivity index (χ3n) is 3.88. The SMILES string of the molecule is NCCC(O)c1cc(NCC2CCCCC2)ccn1. The van der Waals surface area contributed by atoms with E-state index in [1.165, 1.54) is 32.1 Å². The van der Waals surface area contributed by atoms with Gasteiger partial charge in [0.05, 0.1) is 11.8 Å². The van der Waals surface area contributed by atoms with Gasteiger partial charge in [0, 0.05) is 18.4 Å². The van der Waals surface area contributed by atoms with Crippen LogP contribution >= 0.6 is 0 Å². The molecule has 1 aromatic rings. The molecule has 19 heavy (non-hydrogen) atoms. The van der Waals surface area contributed by atoms with E-state index >= 15 is 0 Å². The Morgan fingerprint density at radius 3 is 2.89 bits per heavy atom. The maximum atomic E-state index is 9.89. The first-order valence-corrected chi connectivity index (χ1v) is 7.37. The molecule has 0 bridgehead atoms. The minimum absolute atomic E-state index is 0.475. The molecule has 0 saturated heterocycles. The summed E-state index contributed by atoms with van der Waals surface area (Å²) in [6.07, 6.45) is 8.54. The smallest absolute Gasteiger partial charge is 0.0972 e. The van der Waals surface area contributed by atoms with Crippen molar-refractivity contribution in [2.24, 2.45) is 11.7 Å². The van der Waals surface area contributed by atoms with Gasteiger partial charge in [0.2, 0.25) is 0 Å². The van der Waals surface area contributed by atoms with E-state index < -0.39 is 6.10 Å². The summed E-state index contributed by atoms with van der Waals surface area (Å²) in [5.41, 5.74) is 7.21. The molecule has 1 heterocycles. The summed E-state index contributed by atoms with van der Waals surface area (Å²) in [5, 5.41) is 13.4. The van der Waals surface area contributed by atoms with Gasteiger partial charge in [-0.25, -0.2) is 0 Å². The van der Waals surface area contributed by atoms with E-state index in [4.69, 9.17) is 5.73 Å². The highest BCUT2D eigenvalue weighted by Crippen LogP contribution is 2.24. The van der Waals surface area contributed by atoms with Crippen molar-refractivity contribution in [3.63, 3.8) is 0 Å². The van der Waals surface area contributed by atoms with Crippen LogP contribution in [0, 0.1) is 5.92 Å². The summed E-state index contributed by atoms with van der Waals surface area (Å²) >= 11 is 0. The number of rotatable bonds is 6. The first kappa shape index (κ1) is 14.3. The molecule has 1 aliphatic carbocycles. The third kappa shape index (κ3) is 4.48. The summed E-state index contributed by atoms with van der Waals surface area (Å²) in [5.74, 6) is 0.791. The van der Waals surface area contributed by atoms with Gasteiger partial charge in [-0.1, -0.05) is 19.3 Å². The molecule has 4 nitrogen and oxygen atoms in total. The summed E-state index contributed by atoms with van der Waals surface area (Å²) in [6.45, 7) is 1.50. The number of pyridine rings is 1. The van der Waals surface area contributed by atoms with Gasteiger partial charge in [0.1, 0.15) is 0 Å². The highest BCUT2D eigenvalue weighted by molar-refractivity contribution is 5.43. The number of aliphatic hydroxyl groups is 1. The molecule has 0 aliphatic heterocycles. The topological polar surface area (TPSA) is 71.2 Å². The molecule has 1 aromatic heterocycles. The zero-order valence-electron chi connectivity index (χ0n) is 11.5. The molecule has 4 heteroatoms. The van der Waals surface area contributed by atoms with Gasteiger partial charge in [-0.3, -0.25) is 4.98 Å². The fourth-order valence-electron chi connectivity index (χ4n) is 2.70. The molecule has 106 valence electrons. The van der Waals surface area contributed by atoms with Crippen molar-refractivity contribution in [2.75, 3.05) is 18.4 Å². The Hall–Kier alpha value is -1.13. The maximum absolute atomic E-state index is 9.89. The van der Waals surface area contributed by atoms with E-state index in [2.05, 4.69) is 10.3 Å². The molecule has 1 saturated carbocycles. The quantitative estimate of drug-likeness (QED) is 0.737. The first-order chi connectivity index (χ1) is 9.29. The third-order valence-corrected chi connectivity index (χ3v) is 3.88. The van der Waals surface area contributed by atoms with Crippen LogP contribution in [0.4, 0.5) is 5.69 Å². The van der Waals surface area contributed by atoms with Crippen LogP contribution < -0.4 is 11.1 Å². The van der Waals surface area contributed by atoms with Gasteiger partial charge in [-0.15, -0.1) is 0 Å². The van der Waals surface area contributed by atoms with Crippen LogP contribution in [0.2, 0.25) is 0 Å².